The minimum atomic E-state index is -0.284. The molecule has 1 unspecified atom stereocenters. The molecule has 4 nitrogen and oxygen atoms in total. The van der Waals surface area contributed by atoms with Crippen LogP contribution in [0.1, 0.15) is 35.7 Å². The number of phenols is 1. The van der Waals surface area contributed by atoms with Crippen molar-refractivity contribution in [2.45, 2.75) is 32.3 Å². The van der Waals surface area contributed by atoms with E-state index in [1.165, 1.54) is 0 Å². The summed E-state index contributed by atoms with van der Waals surface area (Å²) in [5.74, 6) is -0.0739. The first kappa shape index (κ1) is 13.9. The van der Waals surface area contributed by atoms with Crippen LogP contribution in [0.15, 0.2) is 18.2 Å². The average Bonchev–Trinajstić information content (AvgIpc) is 2.38. The topological polar surface area (TPSA) is 49.8 Å². The highest BCUT2D eigenvalue weighted by Crippen LogP contribution is 2.27. The number of carbonyl (C=O) groups excluding carboxylic acids is 1. The number of nitrogens with zero attached hydrogens (tertiary/aromatic N) is 1. The zero-order chi connectivity index (χ0) is 14.0. The molecular formula is C15H21NO3. The van der Waals surface area contributed by atoms with E-state index in [2.05, 4.69) is 0 Å². The molecule has 1 aliphatic heterocycles. The van der Waals surface area contributed by atoms with Gasteiger partial charge in [-0.15, -0.1) is 0 Å². The number of benzene rings is 1. The van der Waals surface area contributed by atoms with Crippen LogP contribution < -0.4 is 0 Å². The lowest BCUT2D eigenvalue weighted by molar-refractivity contribution is -0.0440. The SMILES string of the molecule is COC1(C)CCCN(C(=O)c2ccc(C)cc2O)C1. The number of methoxy groups -OCH3 is 1. The number of phenolic OH excluding ortho intramolecular Hbond substituents is 1. The number of hydrogen-bond donors (Lipinski definition) is 1. The van der Waals surface area contributed by atoms with Gasteiger partial charge in [0.2, 0.25) is 0 Å². The summed E-state index contributed by atoms with van der Waals surface area (Å²) < 4.78 is 5.49. The number of likely N-dealkylation sites (tertiary alicyclic amines) is 1. The molecule has 1 heterocycles. The molecule has 1 atom stereocenters. The Hall–Kier alpha value is -1.55. The molecule has 1 saturated heterocycles. The lowest BCUT2D eigenvalue weighted by Crippen LogP contribution is -2.49. The Morgan fingerprint density at radius 1 is 1.47 bits per heavy atom. The first-order valence-corrected chi connectivity index (χ1v) is 6.59. The second-order valence-electron chi connectivity index (χ2n) is 5.50. The molecule has 0 aliphatic carbocycles. The van der Waals surface area contributed by atoms with Gasteiger partial charge in [0.1, 0.15) is 5.75 Å². The molecule has 1 N–H and O–H groups in total. The highest BCUT2D eigenvalue weighted by atomic mass is 16.5. The van der Waals surface area contributed by atoms with Crippen molar-refractivity contribution in [3.8, 4) is 5.75 Å². The zero-order valence-corrected chi connectivity index (χ0v) is 11.8. The Balaban J connectivity index is 2.19. The van der Waals surface area contributed by atoms with E-state index in [-0.39, 0.29) is 17.3 Å². The number of piperidine rings is 1. The number of ether oxygens (including phenoxy) is 1. The van der Waals surface area contributed by atoms with Crippen LogP contribution >= 0.6 is 0 Å². The fraction of sp³-hybridized carbons (Fsp3) is 0.533. The van der Waals surface area contributed by atoms with Crippen molar-refractivity contribution in [2.24, 2.45) is 0 Å². The van der Waals surface area contributed by atoms with E-state index in [1.54, 1.807) is 24.1 Å². The number of aryl methyl sites for hydroxylation is 1. The molecule has 0 saturated carbocycles. The quantitative estimate of drug-likeness (QED) is 0.891. The van der Waals surface area contributed by atoms with E-state index in [0.717, 1.165) is 18.4 Å². The fourth-order valence-electron chi connectivity index (χ4n) is 2.54. The number of carbonyl (C=O) groups is 1. The number of hydrogen-bond acceptors (Lipinski definition) is 3. The van der Waals surface area contributed by atoms with E-state index in [9.17, 15) is 9.90 Å². The molecule has 19 heavy (non-hydrogen) atoms. The summed E-state index contributed by atoms with van der Waals surface area (Å²) in [5, 5.41) is 9.90. The third kappa shape index (κ3) is 2.89. The zero-order valence-electron chi connectivity index (χ0n) is 11.8. The Bertz CT molecular complexity index is 486. The summed E-state index contributed by atoms with van der Waals surface area (Å²) in [7, 11) is 1.68. The van der Waals surface area contributed by atoms with Crippen molar-refractivity contribution in [3.05, 3.63) is 29.3 Å². The number of amides is 1. The maximum absolute atomic E-state index is 12.4. The molecule has 104 valence electrons. The average molecular weight is 263 g/mol. The van der Waals surface area contributed by atoms with Gasteiger partial charge in [-0.25, -0.2) is 0 Å². The van der Waals surface area contributed by atoms with Gasteiger partial charge in [-0.1, -0.05) is 6.07 Å². The van der Waals surface area contributed by atoms with Gasteiger partial charge in [0.15, 0.2) is 0 Å². The molecule has 0 bridgehead atoms. The van der Waals surface area contributed by atoms with Crippen LogP contribution in [0.2, 0.25) is 0 Å². The van der Waals surface area contributed by atoms with Crippen molar-refractivity contribution in [2.75, 3.05) is 20.2 Å². The van der Waals surface area contributed by atoms with Gasteiger partial charge in [0.25, 0.3) is 5.91 Å². The highest BCUT2D eigenvalue weighted by Gasteiger charge is 2.33. The molecule has 0 spiro atoms. The van der Waals surface area contributed by atoms with Crippen LogP contribution in [0.25, 0.3) is 0 Å². The van der Waals surface area contributed by atoms with Crippen LogP contribution in [0.3, 0.4) is 0 Å². The van der Waals surface area contributed by atoms with E-state index in [1.807, 2.05) is 19.9 Å². The van der Waals surface area contributed by atoms with Crippen molar-refractivity contribution < 1.29 is 14.6 Å². The largest absolute Gasteiger partial charge is 0.507 e. The molecule has 1 aromatic rings. The van der Waals surface area contributed by atoms with Gasteiger partial charge in [-0.3, -0.25) is 4.79 Å². The minimum Gasteiger partial charge on any atom is -0.507 e. The normalized spacial score (nSPS) is 23.4. The second-order valence-corrected chi connectivity index (χ2v) is 5.50. The molecule has 1 aromatic carbocycles. The van der Waals surface area contributed by atoms with Crippen molar-refractivity contribution >= 4 is 5.91 Å². The standard InChI is InChI=1S/C15H21NO3/c1-11-5-6-12(13(17)9-11)14(18)16-8-4-7-15(2,10-16)19-3/h5-6,9,17H,4,7-8,10H2,1-3H3. The molecule has 1 aliphatic rings. The Morgan fingerprint density at radius 3 is 2.84 bits per heavy atom. The number of rotatable bonds is 2. The van der Waals surface area contributed by atoms with Crippen molar-refractivity contribution in [1.82, 2.24) is 4.90 Å². The first-order valence-electron chi connectivity index (χ1n) is 6.59. The molecule has 4 heteroatoms. The first-order chi connectivity index (χ1) is 8.95. The van der Waals surface area contributed by atoms with Crippen LogP contribution in [0.5, 0.6) is 5.75 Å². The predicted octanol–water partition coefficient (Wildman–Crippen LogP) is 2.34. The van der Waals surface area contributed by atoms with Crippen molar-refractivity contribution in [1.29, 1.82) is 0 Å². The van der Waals surface area contributed by atoms with Gasteiger partial charge < -0.3 is 14.7 Å². The Labute approximate surface area is 114 Å². The van der Waals surface area contributed by atoms with E-state index >= 15 is 0 Å². The third-order valence-corrected chi connectivity index (χ3v) is 3.82. The minimum absolute atomic E-state index is 0.0506. The van der Waals surface area contributed by atoms with E-state index in [4.69, 9.17) is 4.74 Å². The van der Waals surface area contributed by atoms with E-state index < -0.39 is 0 Å². The van der Waals surface area contributed by atoms with Crippen molar-refractivity contribution in [3.63, 3.8) is 0 Å². The summed E-state index contributed by atoms with van der Waals surface area (Å²) in [6, 6.07) is 5.14. The lowest BCUT2D eigenvalue weighted by Gasteiger charge is -2.39. The monoisotopic (exact) mass is 263 g/mol. The third-order valence-electron chi connectivity index (χ3n) is 3.82. The van der Waals surface area contributed by atoms with Crippen LogP contribution in [0, 0.1) is 6.92 Å². The summed E-state index contributed by atoms with van der Waals surface area (Å²) in [4.78, 5) is 14.2. The number of aromatic hydroxyl groups is 1. The summed E-state index contributed by atoms with van der Waals surface area (Å²) in [6.07, 6.45) is 1.87. The van der Waals surface area contributed by atoms with Gasteiger partial charge in [0.05, 0.1) is 11.2 Å². The fourth-order valence-corrected chi connectivity index (χ4v) is 2.54. The summed E-state index contributed by atoms with van der Waals surface area (Å²) >= 11 is 0. The molecule has 0 aromatic heterocycles. The summed E-state index contributed by atoms with van der Waals surface area (Å²) in [5.41, 5.74) is 1.02. The maximum atomic E-state index is 12.4. The molecule has 1 fully saturated rings. The Kier molecular flexibility index (Phi) is 3.80. The predicted molar refractivity (Wildman–Crippen MR) is 73.4 cm³/mol. The highest BCUT2D eigenvalue weighted by molar-refractivity contribution is 5.97. The van der Waals surface area contributed by atoms with Gasteiger partial charge in [-0.05, 0) is 44.4 Å². The molecule has 0 radical (unpaired) electrons. The van der Waals surface area contributed by atoms with Gasteiger partial charge >= 0.3 is 0 Å². The van der Waals surface area contributed by atoms with Crippen LogP contribution in [0.4, 0.5) is 0 Å². The lowest BCUT2D eigenvalue weighted by atomic mass is 9.94. The Morgan fingerprint density at radius 2 is 2.21 bits per heavy atom. The maximum Gasteiger partial charge on any atom is 0.257 e. The smallest absolute Gasteiger partial charge is 0.257 e. The van der Waals surface area contributed by atoms with E-state index in [0.29, 0.717) is 18.7 Å². The summed E-state index contributed by atoms with van der Waals surface area (Å²) in [6.45, 7) is 5.18. The van der Waals surface area contributed by atoms with Crippen LogP contribution in [-0.4, -0.2) is 41.7 Å². The van der Waals surface area contributed by atoms with Gasteiger partial charge in [0, 0.05) is 20.2 Å². The second kappa shape index (κ2) is 5.21. The van der Waals surface area contributed by atoms with Crippen LogP contribution in [-0.2, 0) is 4.74 Å². The molecule has 1 amide bonds. The molecular weight excluding hydrogens is 242 g/mol. The molecule has 2 rings (SSSR count). The van der Waals surface area contributed by atoms with Gasteiger partial charge in [-0.2, -0.15) is 0 Å².